The van der Waals surface area contributed by atoms with Gasteiger partial charge in [0.1, 0.15) is 0 Å². The van der Waals surface area contributed by atoms with Crippen LogP contribution in [-0.2, 0) is 9.59 Å². The number of aldehydes is 1. The molecule has 3 atom stereocenters. The summed E-state index contributed by atoms with van der Waals surface area (Å²) in [4.78, 5) is 21.9. The largest absolute Gasteiger partial charge is 0.393 e. The lowest BCUT2D eigenvalue weighted by Gasteiger charge is -2.40. The number of hydrogen-bond acceptors (Lipinski definition) is 3. The zero-order chi connectivity index (χ0) is 11.6. The Balaban J connectivity index is 2.72. The summed E-state index contributed by atoms with van der Waals surface area (Å²) in [5.74, 6) is 0.317. The molecule has 1 saturated carbocycles. The molecule has 0 spiro atoms. The maximum absolute atomic E-state index is 11.4. The molecule has 0 aliphatic heterocycles. The second-order valence-corrected chi connectivity index (χ2v) is 5.26. The van der Waals surface area contributed by atoms with E-state index in [1.165, 1.54) is 0 Å². The molecule has 86 valence electrons. The number of Topliss-reactive ketones (excluding diaryl/α,β-unsaturated/α-hetero) is 1. The molecule has 15 heavy (non-hydrogen) atoms. The van der Waals surface area contributed by atoms with Crippen LogP contribution in [0.1, 0.15) is 40.0 Å². The van der Waals surface area contributed by atoms with Crippen molar-refractivity contribution in [3.05, 3.63) is 0 Å². The highest BCUT2D eigenvalue weighted by Gasteiger charge is 2.42. The Labute approximate surface area is 90.9 Å². The van der Waals surface area contributed by atoms with Gasteiger partial charge in [-0.1, -0.05) is 20.8 Å². The highest BCUT2D eigenvalue weighted by atomic mass is 16.3. The van der Waals surface area contributed by atoms with Crippen LogP contribution in [0.3, 0.4) is 0 Å². The molecule has 0 bridgehead atoms. The maximum atomic E-state index is 11.4. The topological polar surface area (TPSA) is 54.4 Å². The van der Waals surface area contributed by atoms with E-state index in [2.05, 4.69) is 13.8 Å². The molecule has 0 saturated heterocycles. The molecule has 1 rings (SSSR count). The molecular formula is C12H20O3. The third-order valence-corrected chi connectivity index (χ3v) is 3.74. The van der Waals surface area contributed by atoms with Crippen molar-refractivity contribution >= 4 is 12.1 Å². The molecule has 0 radical (unpaired) electrons. The fourth-order valence-corrected chi connectivity index (χ4v) is 2.54. The lowest BCUT2D eigenvalue weighted by Crippen LogP contribution is -2.42. The van der Waals surface area contributed by atoms with Crippen LogP contribution < -0.4 is 0 Å². The highest BCUT2D eigenvalue weighted by Crippen LogP contribution is 2.41. The minimum Gasteiger partial charge on any atom is -0.393 e. The minimum absolute atomic E-state index is 0.262. The van der Waals surface area contributed by atoms with Crippen LogP contribution in [0.5, 0.6) is 0 Å². The number of hydrogen-bond donors (Lipinski definition) is 1. The van der Waals surface area contributed by atoms with Gasteiger partial charge in [0.25, 0.3) is 0 Å². The Hall–Kier alpha value is -0.700. The van der Waals surface area contributed by atoms with Crippen LogP contribution in [0.4, 0.5) is 0 Å². The van der Waals surface area contributed by atoms with E-state index in [9.17, 15) is 14.7 Å². The fourth-order valence-electron chi connectivity index (χ4n) is 2.54. The Morgan fingerprint density at radius 3 is 2.53 bits per heavy atom. The van der Waals surface area contributed by atoms with Gasteiger partial charge >= 0.3 is 0 Å². The number of rotatable bonds is 3. The minimum atomic E-state index is -0.632. The van der Waals surface area contributed by atoms with Crippen LogP contribution >= 0.6 is 0 Å². The molecular weight excluding hydrogens is 192 g/mol. The smallest absolute Gasteiger partial charge is 0.201 e. The average molecular weight is 212 g/mol. The van der Waals surface area contributed by atoms with Gasteiger partial charge in [-0.2, -0.15) is 0 Å². The van der Waals surface area contributed by atoms with Crippen molar-refractivity contribution in [1.82, 2.24) is 0 Å². The van der Waals surface area contributed by atoms with Crippen LogP contribution in [0.2, 0.25) is 0 Å². The van der Waals surface area contributed by atoms with E-state index in [0.29, 0.717) is 25.0 Å². The SMILES string of the molecule is CC(C)[C@@H]1CC[C@@](C)(C(=O)C=O)C[C@H]1O. The number of aliphatic hydroxyl groups excluding tert-OH is 1. The molecule has 0 amide bonds. The molecule has 0 unspecified atom stereocenters. The van der Waals surface area contributed by atoms with E-state index in [-0.39, 0.29) is 11.7 Å². The van der Waals surface area contributed by atoms with Gasteiger partial charge in [0.15, 0.2) is 6.29 Å². The van der Waals surface area contributed by atoms with Crippen LogP contribution in [0, 0.1) is 17.3 Å². The van der Waals surface area contributed by atoms with Crippen LogP contribution in [0.25, 0.3) is 0 Å². The second-order valence-electron chi connectivity index (χ2n) is 5.26. The predicted molar refractivity (Wildman–Crippen MR) is 57.4 cm³/mol. The summed E-state index contributed by atoms with van der Waals surface area (Å²) in [6, 6.07) is 0. The monoisotopic (exact) mass is 212 g/mol. The van der Waals surface area contributed by atoms with E-state index in [1.54, 1.807) is 6.92 Å². The maximum Gasteiger partial charge on any atom is 0.201 e. The summed E-state index contributed by atoms with van der Waals surface area (Å²) in [6.45, 7) is 5.94. The molecule has 1 fully saturated rings. The summed E-state index contributed by atoms with van der Waals surface area (Å²) < 4.78 is 0. The normalized spacial score (nSPS) is 36.6. The standard InChI is InChI=1S/C12H20O3/c1-8(2)9-4-5-12(3,6-10(9)14)11(15)7-13/h7-10,14H,4-6H2,1-3H3/t9-,10+,12+/m0/s1. The van der Waals surface area contributed by atoms with Crippen molar-refractivity contribution in [3.63, 3.8) is 0 Å². The fraction of sp³-hybridized carbons (Fsp3) is 0.833. The second kappa shape index (κ2) is 4.44. The molecule has 0 aromatic heterocycles. The Morgan fingerprint density at radius 1 is 1.53 bits per heavy atom. The van der Waals surface area contributed by atoms with Gasteiger partial charge in [-0.05, 0) is 31.1 Å². The van der Waals surface area contributed by atoms with Crippen molar-refractivity contribution in [2.24, 2.45) is 17.3 Å². The number of carbonyl (C=O) groups excluding carboxylic acids is 2. The van der Waals surface area contributed by atoms with Crippen LogP contribution in [0.15, 0.2) is 0 Å². The molecule has 1 N–H and O–H groups in total. The zero-order valence-corrected chi connectivity index (χ0v) is 9.69. The summed E-state index contributed by atoms with van der Waals surface area (Å²) in [7, 11) is 0. The van der Waals surface area contributed by atoms with E-state index >= 15 is 0 Å². The van der Waals surface area contributed by atoms with Crippen molar-refractivity contribution in [2.45, 2.75) is 46.1 Å². The first-order chi connectivity index (χ1) is 6.90. The summed E-state index contributed by atoms with van der Waals surface area (Å²) >= 11 is 0. The first-order valence-corrected chi connectivity index (χ1v) is 5.58. The van der Waals surface area contributed by atoms with Crippen molar-refractivity contribution in [2.75, 3.05) is 0 Å². The summed E-state index contributed by atoms with van der Waals surface area (Å²) in [6.07, 6.45) is 1.91. The zero-order valence-electron chi connectivity index (χ0n) is 9.69. The van der Waals surface area contributed by atoms with E-state index < -0.39 is 11.5 Å². The molecule has 0 aromatic rings. The first-order valence-electron chi connectivity index (χ1n) is 5.58. The average Bonchev–Trinajstić information content (AvgIpc) is 2.15. The number of aliphatic hydroxyl groups is 1. The number of carbonyl (C=O) groups is 2. The Kier molecular flexibility index (Phi) is 3.66. The first kappa shape index (κ1) is 12.4. The third-order valence-electron chi connectivity index (χ3n) is 3.74. The molecule has 0 aromatic carbocycles. The molecule has 1 aliphatic rings. The van der Waals surface area contributed by atoms with E-state index in [0.717, 1.165) is 6.42 Å². The molecule has 1 aliphatic carbocycles. The molecule has 3 heteroatoms. The van der Waals surface area contributed by atoms with E-state index in [4.69, 9.17) is 0 Å². The predicted octanol–water partition coefficient (Wildman–Crippen LogP) is 1.58. The lowest BCUT2D eigenvalue weighted by molar-refractivity contribution is -0.140. The van der Waals surface area contributed by atoms with Gasteiger partial charge in [0.05, 0.1) is 6.10 Å². The van der Waals surface area contributed by atoms with Gasteiger partial charge in [0.2, 0.25) is 5.78 Å². The van der Waals surface area contributed by atoms with Gasteiger partial charge in [-0.15, -0.1) is 0 Å². The Morgan fingerprint density at radius 2 is 2.13 bits per heavy atom. The van der Waals surface area contributed by atoms with Gasteiger partial charge < -0.3 is 5.11 Å². The third kappa shape index (κ3) is 2.46. The quantitative estimate of drug-likeness (QED) is 0.571. The van der Waals surface area contributed by atoms with Gasteiger partial charge in [0, 0.05) is 5.41 Å². The molecule has 3 nitrogen and oxygen atoms in total. The van der Waals surface area contributed by atoms with Crippen LogP contribution in [-0.4, -0.2) is 23.3 Å². The number of ketones is 1. The molecule has 0 heterocycles. The highest BCUT2D eigenvalue weighted by molar-refractivity contribution is 6.27. The van der Waals surface area contributed by atoms with Crippen molar-refractivity contribution in [3.8, 4) is 0 Å². The van der Waals surface area contributed by atoms with E-state index in [1.807, 2.05) is 0 Å². The summed E-state index contributed by atoms with van der Waals surface area (Å²) in [5.41, 5.74) is -0.632. The van der Waals surface area contributed by atoms with Crippen molar-refractivity contribution < 1.29 is 14.7 Å². The van der Waals surface area contributed by atoms with Gasteiger partial charge in [-0.3, -0.25) is 9.59 Å². The Bertz CT molecular complexity index is 260. The van der Waals surface area contributed by atoms with Crippen molar-refractivity contribution in [1.29, 1.82) is 0 Å². The summed E-state index contributed by atoms with van der Waals surface area (Å²) in [5, 5.41) is 9.95. The van der Waals surface area contributed by atoms with Gasteiger partial charge in [-0.25, -0.2) is 0 Å². The lowest BCUT2D eigenvalue weighted by atomic mass is 9.66.